The second-order valence-corrected chi connectivity index (χ2v) is 4.14. The smallest absolute Gasteiger partial charge is 0.274 e. The molecule has 19 heavy (non-hydrogen) atoms. The predicted molar refractivity (Wildman–Crippen MR) is 67.7 cm³/mol. The fourth-order valence-corrected chi connectivity index (χ4v) is 1.66. The molecule has 0 aromatic heterocycles. The molecule has 0 saturated carbocycles. The number of benzene rings is 2. The summed E-state index contributed by atoms with van der Waals surface area (Å²) in [5, 5.41) is 13.4. The van der Waals surface area contributed by atoms with Crippen molar-refractivity contribution < 1.29 is 13.7 Å². The number of hydrogen-bond acceptors (Lipinski definition) is 3. The number of nitrogens with zero attached hydrogens (tertiary/aromatic N) is 1. The summed E-state index contributed by atoms with van der Waals surface area (Å²) in [7, 11) is 0. The minimum absolute atomic E-state index is 0.0456. The number of hydrogen-bond donors (Lipinski definition) is 1. The number of nitro benzene ring substituents is 1. The zero-order valence-electron chi connectivity index (χ0n) is 9.36. The van der Waals surface area contributed by atoms with E-state index >= 15 is 0 Å². The summed E-state index contributed by atoms with van der Waals surface area (Å²) in [5.74, 6) is -1.43. The zero-order valence-corrected chi connectivity index (χ0v) is 10.1. The van der Waals surface area contributed by atoms with Crippen molar-refractivity contribution in [1.29, 1.82) is 0 Å². The van der Waals surface area contributed by atoms with Crippen molar-refractivity contribution in [2.24, 2.45) is 0 Å². The number of rotatable bonds is 3. The van der Waals surface area contributed by atoms with E-state index < -0.39 is 22.2 Å². The minimum Gasteiger partial charge on any atom is -0.353 e. The molecule has 2 aromatic carbocycles. The highest BCUT2D eigenvalue weighted by Gasteiger charge is 2.11. The van der Waals surface area contributed by atoms with E-state index in [1.807, 2.05) is 0 Å². The van der Waals surface area contributed by atoms with Gasteiger partial charge in [0.1, 0.15) is 11.6 Å². The fraction of sp³-hybridized carbons (Fsp3) is 0. The number of nitro groups is 1. The van der Waals surface area contributed by atoms with Crippen molar-refractivity contribution >= 4 is 28.7 Å². The van der Waals surface area contributed by atoms with Gasteiger partial charge >= 0.3 is 0 Å². The Morgan fingerprint density at radius 3 is 2.53 bits per heavy atom. The third kappa shape index (κ3) is 3.17. The van der Waals surface area contributed by atoms with Gasteiger partial charge in [-0.1, -0.05) is 11.6 Å². The zero-order chi connectivity index (χ0) is 14.0. The van der Waals surface area contributed by atoms with E-state index in [-0.39, 0.29) is 16.4 Å². The summed E-state index contributed by atoms with van der Waals surface area (Å²) < 4.78 is 26.7. The summed E-state index contributed by atoms with van der Waals surface area (Å²) in [5.41, 5.74) is -0.297. The van der Waals surface area contributed by atoms with E-state index in [0.717, 1.165) is 24.3 Å². The Bertz CT molecular complexity index is 650. The minimum atomic E-state index is -0.786. The molecule has 0 aliphatic carbocycles. The summed E-state index contributed by atoms with van der Waals surface area (Å²) in [6.07, 6.45) is 0. The van der Waals surface area contributed by atoms with E-state index in [2.05, 4.69) is 5.32 Å². The van der Waals surface area contributed by atoms with Crippen molar-refractivity contribution in [3.05, 3.63) is 63.2 Å². The Morgan fingerprint density at radius 2 is 1.89 bits per heavy atom. The van der Waals surface area contributed by atoms with Crippen LogP contribution in [0.5, 0.6) is 0 Å². The molecule has 98 valence electrons. The summed E-state index contributed by atoms with van der Waals surface area (Å²) >= 11 is 5.59. The van der Waals surface area contributed by atoms with Crippen LogP contribution in [0, 0.1) is 21.7 Å². The number of halogens is 3. The quantitative estimate of drug-likeness (QED) is 0.676. The van der Waals surface area contributed by atoms with Crippen molar-refractivity contribution in [2.45, 2.75) is 0 Å². The maximum Gasteiger partial charge on any atom is 0.274 e. The van der Waals surface area contributed by atoms with Gasteiger partial charge in [-0.05, 0) is 24.3 Å². The third-order valence-electron chi connectivity index (χ3n) is 2.30. The molecule has 1 N–H and O–H groups in total. The molecule has 0 saturated heterocycles. The molecule has 0 heterocycles. The Labute approximate surface area is 111 Å². The lowest BCUT2D eigenvalue weighted by Crippen LogP contribution is -1.96. The molecule has 0 radical (unpaired) electrons. The highest BCUT2D eigenvalue weighted by molar-refractivity contribution is 6.30. The Balaban J connectivity index is 2.35. The van der Waals surface area contributed by atoms with Crippen LogP contribution in [-0.4, -0.2) is 4.92 Å². The Hall–Kier alpha value is -2.21. The summed E-state index contributed by atoms with van der Waals surface area (Å²) in [6, 6.07) is 6.80. The summed E-state index contributed by atoms with van der Waals surface area (Å²) in [6.45, 7) is 0. The largest absolute Gasteiger partial charge is 0.353 e. The molecule has 2 aromatic rings. The van der Waals surface area contributed by atoms with Crippen LogP contribution in [0.4, 0.5) is 25.8 Å². The molecule has 2 rings (SSSR count). The third-order valence-corrected chi connectivity index (χ3v) is 2.54. The normalized spacial score (nSPS) is 10.3. The molecule has 0 unspecified atom stereocenters. The topological polar surface area (TPSA) is 55.2 Å². The fourth-order valence-electron chi connectivity index (χ4n) is 1.50. The van der Waals surface area contributed by atoms with Crippen LogP contribution in [0.25, 0.3) is 0 Å². The van der Waals surface area contributed by atoms with E-state index in [9.17, 15) is 18.9 Å². The van der Waals surface area contributed by atoms with Crippen LogP contribution in [0.1, 0.15) is 0 Å². The van der Waals surface area contributed by atoms with Gasteiger partial charge in [-0.3, -0.25) is 10.1 Å². The lowest BCUT2D eigenvalue weighted by Gasteiger charge is -2.08. The highest BCUT2D eigenvalue weighted by atomic mass is 35.5. The molecule has 0 bridgehead atoms. The SMILES string of the molecule is O=[N+]([O-])c1cc(F)cc(Nc2ccc(Cl)cc2F)c1. The molecular formula is C12H7ClF2N2O2. The molecule has 0 atom stereocenters. The average Bonchev–Trinajstić information content (AvgIpc) is 2.32. The molecule has 0 amide bonds. The van der Waals surface area contributed by atoms with E-state index in [1.165, 1.54) is 12.1 Å². The van der Waals surface area contributed by atoms with Crippen LogP contribution < -0.4 is 5.32 Å². The number of anilines is 2. The first kappa shape index (κ1) is 13.2. The van der Waals surface area contributed by atoms with Gasteiger partial charge in [0.25, 0.3) is 5.69 Å². The van der Waals surface area contributed by atoms with E-state index in [0.29, 0.717) is 0 Å². The maximum atomic E-state index is 13.5. The first-order valence-corrected chi connectivity index (χ1v) is 5.50. The van der Waals surface area contributed by atoms with Crippen LogP contribution in [0.15, 0.2) is 36.4 Å². The van der Waals surface area contributed by atoms with Gasteiger partial charge in [-0.25, -0.2) is 8.78 Å². The monoisotopic (exact) mass is 284 g/mol. The predicted octanol–water partition coefficient (Wildman–Crippen LogP) is 4.27. The van der Waals surface area contributed by atoms with Crippen molar-refractivity contribution in [3.63, 3.8) is 0 Å². The maximum absolute atomic E-state index is 13.5. The van der Waals surface area contributed by atoms with Crippen molar-refractivity contribution in [1.82, 2.24) is 0 Å². The second-order valence-electron chi connectivity index (χ2n) is 3.70. The van der Waals surface area contributed by atoms with Gasteiger partial charge in [0, 0.05) is 16.8 Å². The van der Waals surface area contributed by atoms with Crippen LogP contribution in [0.2, 0.25) is 5.02 Å². The molecule has 0 fully saturated rings. The van der Waals surface area contributed by atoms with Crippen LogP contribution in [-0.2, 0) is 0 Å². The Morgan fingerprint density at radius 1 is 1.16 bits per heavy atom. The average molecular weight is 285 g/mol. The standard InChI is InChI=1S/C12H7ClF2N2O2/c13-7-1-2-12(11(15)3-7)16-9-4-8(14)5-10(6-9)17(18)19/h1-6,16H. The molecule has 0 spiro atoms. The highest BCUT2D eigenvalue weighted by Crippen LogP contribution is 2.26. The van der Waals surface area contributed by atoms with Gasteiger partial charge in [-0.15, -0.1) is 0 Å². The van der Waals surface area contributed by atoms with Gasteiger partial charge in [0.2, 0.25) is 0 Å². The van der Waals surface area contributed by atoms with Gasteiger partial charge in [0.05, 0.1) is 16.7 Å². The number of non-ortho nitro benzene ring substituents is 1. The van der Waals surface area contributed by atoms with E-state index in [1.54, 1.807) is 0 Å². The lowest BCUT2D eigenvalue weighted by atomic mass is 10.2. The van der Waals surface area contributed by atoms with Gasteiger partial charge in [0.15, 0.2) is 0 Å². The second kappa shape index (κ2) is 5.19. The molecular weight excluding hydrogens is 278 g/mol. The van der Waals surface area contributed by atoms with Crippen LogP contribution >= 0.6 is 11.6 Å². The van der Waals surface area contributed by atoms with Gasteiger partial charge in [-0.2, -0.15) is 0 Å². The molecule has 0 aliphatic rings. The number of nitrogens with one attached hydrogen (secondary N) is 1. The van der Waals surface area contributed by atoms with Crippen molar-refractivity contribution in [2.75, 3.05) is 5.32 Å². The van der Waals surface area contributed by atoms with Gasteiger partial charge < -0.3 is 5.32 Å². The first-order valence-electron chi connectivity index (χ1n) is 5.13. The summed E-state index contributed by atoms with van der Waals surface area (Å²) in [4.78, 5) is 9.86. The molecule has 4 nitrogen and oxygen atoms in total. The lowest BCUT2D eigenvalue weighted by molar-refractivity contribution is -0.385. The van der Waals surface area contributed by atoms with E-state index in [4.69, 9.17) is 11.6 Å². The first-order chi connectivity index (χ1) is 8.95. The molecule has 0 aliphatic heterocycles. The molecule has 7 heteroatoms. The van der Waals surface area contributed by atoms with Crippen LogP contribution in [0.3, 0.4) is 0 Å². The Kier molecular flexibility index (Phi) is 3.62. The van der Waals surface area contributed by atoms with Crippen molar-refractivity contribution in [3.8, 4) is 0 Å².